The zero-order chi connectivity index (χ0) is 12.3. The second-order valence-electron chi connectivity index (χ2n) is 3.47. The van der Waals surface area contributed by atoms with Crippen LogP contribution < -0.4 is 11.3 Å². The Morgan fingerprint density at radius 3 is 3.00 bits per heavy atom. The average molecular weight is 273 g/mol. The summed E-state index contributed by atoms with van der Waals surface area (Å²) in [6.07, 6.45) is 0.369. The molecule has 0 amide bonds. The van der Waals surface area contributed by atoms with Crippen molar-refractivity contribution < 1.29 is 4.39 Å². The number of hydrazine groups is 1. The van der Waals surface area contributed by atoms with E-state index >= 15 is 0 Å². The van der Waals surface area contributed by atoms with Gasteiger partial charge >= 0.3 is 0 Å². The highest BCUT2D eigenvalue weighted by Crippen LogP contribution is 2.23. The minimum absolute atomic E-state index is 0.106. The summed E-state index contributed by atoms with van der Waals surface area (Å²) in [5.41, 5.74) is 3.78. The molecule has 4 nitrogen and oxygen atoms in total. The summed E-state index contributed by atoms with van der Waals surface area (Å²) in [5.74, 6) is 5.01. The van der Waals surface area contributed by atoms with Crippen LogP contribution in [0, 0.1) is 5.82 Å². The van der Waals surface area contributed by atoms with Crippen LogP contribution in [0.4, 0.5) is 4.39 Å². The summed E-state index contributed by atoms with van der Waals surface area (Å²) in [6.45, 7) is 0. The Morgan fingerprint density at radius 2 is 2.35 bits per heavy atom. The molecule has 2 aromatic rings. The normalized spacial score (nSPS) is 12.6. The number of aromatic nitrogens is 2. The number of nitrogens with zero attached hydrogens (tertiary/aromatic N) is 2. The quantitative estimate of drug-likeness (QED) is 0.661. The monoisotopic (exact) mass is 272 g/mol. The molecule has 3 N–H and O–H groups in total. The molecule has 1 aromatic carbocycles. The van der Waals surface area contributed by atoms with E-state index in [1.807, 2.05) is 0 Å². The van der Waals surface area contributed by atoms with E-state index in [-0.39, 0.29) is 11.1 Å². The number of hydrogen-bond acceptors (Lipinski definition) is 5. The molecule has 1 aromatic heterocycles. The van der Waals surface area contributed by atoms with Crippen LogP contribution in [-0.2, 0) is 6.42 Å². The zero-order valence-electron chi connectivity index (χ0n) is 8.73. The van der Waals surface area contributed by atoms with E-state index in [4.69, 9.17) is 17.4 Å². The smallest absolute Gasteiger partial charge is 0.145 e. The molecule has 0 radical (unpaired) electrons. The predicted molar refractivity (Wildman–Crippen MR) is 65.1 cm³/mol. The van der Waals surface area contributed by atoms with Crippen LogP contribution in [0.2, 0.25) is 5.02 Å². The SMILES string of the molecule is NNC(Cc1cccc(Cl)c1F)c1csnn1. The third-order valence-electron chi connectivity index (χ3n) is 2.39. The topological polar surface area (TPSA) is 63.8 Å². The van der Waals surface area contributed by atoms with Crippen molar-refractivity contribution in [1.29, 1.82) is 0 Å². The molecule has 7 heteroatoms. The highest BCUT2D eigenvalue weighted by molar-refractivity contribution is 7.03. The van der Waals surface area contributed by atoms with Crippen molar-refractivity contribution in [3.05, 3.63) is 45.7 Å². The number of nitrogens with one attached hydrogen (secondary N) is 1. The van der Waals surface area contributed by atoms with Crippen molar-refractivity contribution in [3.63, 3.8) is 0 Å². The fraction of sp³-hybridized carbons (Fsp3) is 0.200. The van der Waals surface area contributed by atoms with Crippen LogP contribution in [-0.4, -0.2) is 9.59 Å². The van der Waals surface area contributed by atoms with Gasteiger partial charge in [-0.15, -0.1) is 5.10 Å². The Hall–Kier alpha value is -1.08. The van der Waals surface area contributed by atoms with Gasteiger partial charge in [-0.25, -0.2) is 4.39 Å². The van der Waals surface area contributed by atoms with Gasteiger partial charge < -0.3 is 0 Å². The second kappa shape index (κ2) is 5.50. The lowest BCUT2D eigenvalue weighted by Gasteiger charge is -2.13. The molecule has 0 fully saturated rings. The highest BCUT2D eigenvalue weighted by atomic mass is 35.5. The standard InChI is InChI=1S/C10H10ClFN4S/c11-7-3-1-2-6(10(7)12)4-8(14-13)9-5-17-16-15-9/h1-3,5,8,14H,4,13H2. The lowest BCUT2D eigenvalue weighted by atomic mass is 10.0. The molecule has 0 spiro atoms. The largest absolute Gasteiger partial charge is 0.271 e. The van der Waals surface area contributed by atoms with Crippen molar-refractivity contribution in [2.75, 3.05) is 0 Å². The minimum atomic E-state index is -0.419. The molecule has 2 rings (SSSR count). The summed E-state index contributed by atoms with van der Waals surface area (Å²) < 4.78 is 17.5. The first-order valence-electron chi connectivity index (χ1n) is 4.88. The predicted octanol–water partition coefficient (Wildman–Crippen LogP) is 2.08. The van der Waals surface area contributed by atoms with Gasteiger partial charge in [-0.1, -0.05) is 28.2 Å². The number of nitrogens with two attached hydrogens (primary N) is 1. The van der Waals surface area contributed by atoms with Crippen molar-refractivity contribution in [2.24, 2.45) is 5.84 Å². The van der Waals surface area contributed by atoms with Gasteiger partial charge in [-0.2, -0.15) is 0 Å². The molecule has 17 heavy (non-hydrogen) atoms. The number of halogens is 2. The van der Waals surface area contributed by atoms with Gasteiger partial charge in [0.15, 0.2) is 0 Å². The van der Waals surface area contributed by atoms with Crippen LogP contribution in [0.25, 0.3) is 0 Å². The summed E-state index contributed by atoms with van der Waals surface area (Å²) >= 11 is 6.94. The van der Waals surface area contributed by atoms with E-state index in [2.05, 4.69) is 15.0 Å². The molecule has 0 bridgehead atoms. The molecule has 1 heterocycles. The number of benzene rings is 1. The van der Waals surface area contributed by atoms with Gasteiger partial charge in [0.05, 0.1) is 16.8 Å². The van der Waals surface area contributed by atoms with E-state index in [0.29, 0.717) is 17.7 Å². The Kier molecular flexibility index (Phi) is 4.01. The lowest BCUT2D eigenvalue weighted by Crippen LogP contribution is -2.30. The summed E-state index contributed by atoms with van der Waals surface area (Å²) in [6, 6.07) is 4.61. The molecule has 0 aliphatic rings. The van der Waals surface area contributed by atoms with Gasteiger partial charge in [-0.3, -0.25) is 11.3 Å². The molecule has 0 aliphatic carbocycles. The summed E-state index contributed by atoms with van der Waals surface area (Å²) in [5, 5.41) is 5.78. The van der Waals surface area contributed by atoms with Crippen LogP contribution in [0.5, 0.6) is 0 Å². The van der Waals surface area contributed by atoms with E-state index in [9.17, 15) is 4.39 Å². The first-order chi connectivity index (χ1) is 8.22. The maximum absolute atomic E-state index is 13.7. The van der Waals surface area contributed by atoms with Crippen LogP contribution >= 0.6 is 23.1 Å². The van der Waals surface area contributed by atoms with Crippen LogP contribution in [0.1, 0.15) is 17.3 Å². The molecular formula is C10H10ClFN4S. The third kappa shape index (κ3) is 2.78. The fourth-order valence-corrected chi connectivity index (χ4v) is 2.20. The Bertz CT molecular complexity index is 491. The maximum atomic E-state index is 13.7. The van der Waals surface area contributed by atoms with E-state index in [1.165, 1.54) is 17.6 Å². The van der Waals surface area contributed by atoms with Gasteiger partial charge in [0.25, 0.3) is 0 Å². The van der Waals surface area contributed by atoms with Crippen molar-refractivity contribution >= 4 is 23.1 Å². The first kappa shape index (κ1) is 12.4. The number of hydrogen-bond donors (Lipinski definition) is 2. The average Bonchev–Trinajstić information content (AvgIpc) is 2.85. The molecule has 90 valence electrons. The molecule has 1 atom stereocenters. The van der Waals surface area contributed by atoms with Crippen molar-refractivity contribution in [3.8, 4) is 0 Å². The lowest BCUT2D eigenvalue weighted by molar-refractivity contribution is 0.518. The second-order valence-corrected chi connectivity index (χ2v) is 4.48. The van der Waals surface area contributed by atoms with Crippen LogP contribution in [0.15, 0.2) is 23.6 Å². The molecular weight excluding hydrogens is 263 g/mol. The van der Waals surface area contributed by atoms with Gasteiger partial charge in [0.1, 0.15) is 5.82 Å². The summed E-state index contributed by atoms with van der Waals surface area (Å²) in [4.78, 5) is 0. The van der Waals surface area contributed by atoms with Crippen molar-refractivity contribution in [1.82, 2.24) is 15.0 Å². The number of rotatable bonds is 4. The van der Waals surface area contributed by atoms with Gasteiger partial charge in [0.2, 0.25) is 0 Å². The van der Waals surface area contributed by atoms with Gasteiger partial charge in [-0.05, 0) is 29.6 Å². The zero-order valence-corrected chi connectivity index (χ0v) is 10.3. The van der Waals surface area contributed by atoms with E-state index in [0.717, 1.165) is 0 Å². The maximum Gasteiger partial charge on any atom is 0.145 e. The minimum Gasteiger partial charge on any atom is -0.271 e. The van der Waals surface area contributed by atoms with E-state index in [1.54, 1.807) is 17.5 Å². The Balaban J connectivity index is 2.22. The van der Waals surface area contributed by atoms with E-state index < -0.39 is 5.82 Å². The van der Waals surface area contributed by atoms with Crippen LogP contribution in [0.3, 0.4) is 0 Å². The van der Waals surface area contributed by atoms with Crippen molar-refractivity contribution in [2.45, 2.75) is 12.5 Å². The molecule has 0 saturated carbocycles. The first-order valence-corrected chi connectivity index (χ1v) is 6.09. The molecule has 0 aliphatic heterocycles. The fourth-order valence-electron chi connectivity index (χ4n) is 1.50. The Morgan fingerprint density at radius 1 is 1.53 bits per heavy atom. The highest BCUT2D eigenvalue weighted by Gasteiger charge is 2.16. The summed E-state index contributed by atoms with van der Waals surface area (Å²) in [7, 11) is 0. The van der Waals surface area contributed by atoms with Gasteiger partial charge in [0, 0.05) is 5.38 Å². The molecule has 1 unspecified atom stereocenters. The molecule has 0 saturated heterocycles. The third-order valence-corrected chi connectivity index (χ3v) is 3.21. The Labute approximate surface area is 107 Å².